The van der Waals surface area contributed by atoms with E-state index < -0.39 is 0 Å². The van der Waals surface area contributed by atoms with Crippen molar-refractivity contribution < 1.29 is 14.0 Å². The molecule has 3 rings (SSSR count). The zero-order chi connectivity index (χ0) is 16.4. The highest BCUT2D eigenvalue weighted by Crippen LogP contribution is 2.39. The van der Waals surface area contributed by atoms with Crippen LogP contribution in [0.2, 0.25) is 0 Å². The average Bonchev–Trinajstić information content (AvgIpc) is 3.16. The molecule has 2 aliphatic heterocycles. The molecule has 0 aromatic carbocycles. The standard InChI is InChI=1S/C17H25N3O3/c1-13(2)18-16(22)20-9-7-17(12-20)6-4-8-19(11-17)15(21)14-5-3-10-23-14/h3,5,10,13H,4,6-9,11-12H2,1-2H3,(H,18,22)/t17-/m1/s1. The van der Waals surface area contributed by atoms with Gasteiger partial charge in [0.2, 0.25) is 0 Å². The molecule has 6 nitrogen and oxygen atoms in total. The van der Waals surface area contributed by atoms with Crippen molar-refractivity contribution in [1.29, 1.82) is 0 Å². The smallest absolute Gasteiger partial charge is 0.317 e. The predicted octanol–water partition coefficient (Wildman–Crippen LogP) is 2.33. The predicted molar refractivity (Wildman–Crippen MR) is 86.1 cm³/mol. The van der Waals surface area contributed by atoms with Crippen LogP contribution in [0.1, 0.15) is 43.7 Å². The molecular weight excluding hydrogens is 294 g/mol. The second-order valence-corrected chi connectivity index (χ2v) is 7.08. The van der Waals surface area contributed by atoms with Gasteiger partial charge in [-0.1, -0.05) is 0 Å². The molecule has 0 unspecified atom stereocenters. The van der Waals surface area contributed by atoms with Crippen LogP contribution in [0.25, 0.3) is 0 Å². The number of likely N-dealkylation sites (tertiary alicyclic amines) is 2. The van der Waals surface area contributed by atoms with Crippen LogP contribution in [-0.2, 0) is 0 Å². The molecule has 6 heteroatoms. The summed E-state index contributed by atoms with van der Waals surface area (Å²) in [5, 5.41) is 2.95. The fraction of sp³-hybridized carbons (Fsp3) is 0.647. The summed E-state index contributed by atoms with van der Waals surface area (Å²) < 4.78 is 5.24. The number of nitrogens with one attached hydrogen (secondary N) is 1. The first-order chi connectivity index (χ1) is 11.0. The normalized spacial score (nSPS) is 24.5. The number of nitrogens with zero attached hydrogens (tertiary/aromatic N) is 2. The third-order valence-corrected chi connectivity index (χ3v) is 4.82. The van der Waals surface area contributed by atoms with Gasteiger partial charge < -0.3 is 19.5 Å². The molecule has 2 aliphatic rings. The number of urea groups is 1. The van der Waals surface area contributed by atoms with E-state index in [0.717, 1.165) is 38.9 Å². The molecule has 126 valence electrons. The van der Waals surface area contributed by atoms with Gasteiger partial charge in [0.1, 0.15) is 0 Å². The molecule has 3 amide bonds. The summed E-state index contributed by atoms with van der Waals surface area (Å²) in [7, 11) is 0. The first-order valence-electron chi connectivity index (χ1n) is 8.37. The number of carbonyl (C=O) groups excluding carboxylic acids is 2. The molecule has 1 spiro atoms. The summed E-state index contributed by atoms with van der Waals surface area (Å²) in [6.45, 7) is 6.90. The minimum Gasteiger partial charge on any atom is -0.459 e. The summed E-state index contributed by atoms with van der Waals surface area (Å²) in [4.78, 5) is 28.5. The van der Waals surface area contributed by atoms with E-state index in [9.17, 15) is 9.59 Å². The van der Waals surface area contributed by atoms with Gasteiger partial charge in [-0.15, -0.1) is 0 Å². The molecule has 23 heavy (non-hydrogen) atoms. The number of hydrogen-bond acceptors (Lipinski definition) is 3. The molecule has 0 radical (unpaired) electrons. The van der Waals surface area contributed by atoms with E-state index in [1.807, 2.05) is 23.6 Å². The van der Waals surface area contributed by atoms with Crippen molar-refractivity contribution in [2.45, 2.75) is 39.2 Å². The molecular formula is C17H25N3O3. The number of hydrogen-bond donors (Lipinski definition) is 1. The van der Waals surface area contributed by atoms with Crippen LogP contribution in [0.15, 0.2) is 22.8 Å². The third kappa shape index (κ3) is 3.35. The number of piperidine rings is 1. The van der Waals surface area contributed by atoms with Gasteiger partial charge in [-0.3, -0.25) is 4.79 Å². The fourth-order valence-electron chi connectivity index (χ4n) is 3.72. The largest absolute Gasteiger partial charge is 0.459 e. The molecule has 1 aromatic heterocycles. The van der Waals surface area contributed by atoms with E-state index in [1.54, 1.807) is 12.1 Å². The van der Waals surface area contributed by atoms with Crippen molar-refractivity contribution in [3.05, 3.63) is 24.2 Å². The van der Waals surface area contributed by atoms with Gasteiger partial charge in [0.15, 0.2) is 5.76 Å². The van der Waals surface area contributed by atoms with Crippen molar-refractivity contribution >= 4 is 11.9 Å². The topological polar surface area (TPSA) is 65.8 Å². The molecule has 1 atom stereocenters. The zero-order valence-electron chi connectivity index (χ0n) is 13.9. The fourth-order valence-corrected chi connectivity index (χ4v) is 3.72. The molecule has 0 saturated carbocycles. The van der Waals surface area contributed by atoms with E-state index in [-0.39, 0.29) is 23.4 Å². The third-order valence-electron chi connectivity index (χ3n) is 4.82. The van der Waals surface area contributed by atoms with Gasteiger partial charge in [0.25, 0.3) is 5.91 Å². The molecule has 0 bridgehead atoms. The van der Waals surface area contributed by atoms with Crippen molar-refractivity contribution in [2.75, 3.05) is 26.2 Å². The maximum Gasteiger partial charge on any atom is 0.317 e. The van der Waals surface area contributed by atoms with Gasteiger partial charge in [-0.05, 0) is 45.2 Å². The summed E-state index contributed by atoms with van der Waals surface area (Å²) in [5.41, 5.74) is 0.0365. The maximum atomic E-state index is 12.5. The van der Waals surface area contributed by atoms with Crippen LogP contribution < -0.4 is 5.32 Å². The van der Waals surface area contributed by atoms with Crippen molar-refractivity contribution in [2.24, 2.45) is 5.41 Å². The van der Waals surface area contributed by atoms with Gasteiger partial charge >= 0.3 is 6.03 Å². The Hall–Kier alpha value is -1.98. The Morgan fingerprint density at radius 3 is 2.70 bits per heavy atom. The number of amides is 3. The van der Waals surface area contributed by atoms with Crippen LogP contribution in [0.3, 0.4) is 0 Å². The Morgan fingerprint density at radius 2 is 2.00 bits per heavy atom. The lowest BCUT2D eigenvalue weighted by molar-refractivity contribution is 0.0507. The summed E-state index contributed by atoms with van der Waals surface area (Å²) in [5.74, 6) is 0.355. The van der Waals surface area contributed by atoms with Crippen LogP contribution in [0.5, 0.6) is 0 Å². The van der Waals surface area contributed by atoms with Crippen LogP contribution >= 0.6 is 0 Å². The monoisotopic (exact) mass is 319 g/mol. The molecule has 2 saturated heterocycles. The quantitative estimate of drug-likeness (QED) is 0.910. The van der Waals surface area contributed by atoms with Crippen LogP contribution in [0.4, 0.5) is 4.79 Å². The van der Waals surface area contributed by atoms with Gasteiger partial charge in [0, 0.05) is 37.6 Å². The van der Waals surface area contributed by atoms with Crippen molar-refractivity contribution in [1.82, 2.24) is 15.1 Å². The van der Waals surface area contributed by atoms with Gasteiger partial charge in [-0.25, -0.2) is 4.79 Å². The van der Waals surface area contributed by atoms with Crippen LogP contribution in [0, 0.1) is 5.41 Å². The lowest BCUT2D eigenvalue weighted by Gasteiger charge is -2.40. The highest BCUT2D eigenvalue weighted by Gasteiger charge is 2.44. The van der Waals surface area contributed by atoms with Crippen molar-refractivity contribution in [3.63, 3.8) is 0 Å². The second-order valence-electron chi connectivity index (χ2n) is 7.08. The molecule has 1 aromatic rings. The van der Waals surface area contributed by atoms with Crippen LogP contribution in [-0.4, -0.2) is 54.0 Å². The Kier molecular flexibility index (Phi) is 4.33. The van der Waals surface area contributed by atoms with E-state index in [0.29, 0.717) is 12.3 Å². The molecule has 0 aliphatic carbocycles. The lowest BCUT2D eigenvalue weighted by atomic mass is 9.79. The Morgan fingerprint density at radius 1 is 1.22 bits per heavy atom. The summed E-state index contributed by atoms with van der Waals surface area (Å²) >= 11 is 0. The van der Waals surface area contributed by atoms with Crippen molar-refractivity contribution in [3.8, 4) is 0 Å². The highest BCUT2D eigenvalue weighted by atomic mass is 16.3. The summed E-state index contributed by atoms with van der Waals surface area (Å²) in [6.07, 6.45) is 4.54. The Labute approximate surface area is 136 Å². The minimum absolute atomic E-state index is 0.00589. The molecule has 2 fully saturated rings. The Bertz CT molecular complexity index is 570. The first kappa shape index (κ1) is 15.9. The maximum absolute atomic E-state index is 12.5. The molecule has 1 N–H and O–H groups in total. The van der Waals surface area contributed by atoms with E-state index in [2.05, 4.69) is 5.32 Å². The number of rotatable bonds is 2. The second kappa shape index (κ2) is 6.26. The van der Waals surface area contributed by atoms with E-state index in [4.69, 9.17) is 4.42 Å². The lowest BCUT2D eigenvalue weighted by Crippen LogP contribution is -2.49. The zero-order valence-corrected chi connectivity index (χ0v) is 13.9. The SMILES string of the molecule is CC(C)NC(=O)N1CC[C@@]2(CCCN(C(=O)c3ccco3)C2)C1. The summed E-state index contributed by atoms with van der Waals surface area (Å²) in [6, 6.07) is 3.59. The first-order valence-corrected chi connectivity index (χ1v) is 8.37. The highest BCUT2D eigenvalue weighted by molar-refractivity contribution is 5.91. The Balaban J connectivity index is 1.64. The van der Waals surface area contributed by atoms with Gasteiger partial charge in [0.05, 0.1) is 6.26 Å². The van der Waals surface area contributed by atoms with E-state index >= 15 is 0 Å². The minimum atomic E-state index is -0.0424. The van der Waals surface area contributed by atoms with E-state index in [1.165, 1.54) is 6.26 Å². The molecule has 3 heterocycles. The van der Waals surface area contributed by atoms with Gasteiger partial charge in [-0.2, -0.15) is 0 Å². The number of carbonyl (C=O) groups is 2. The average molecular weight is 319 g/mol. The number of furan rings is 1.